The summed E-state index contributed by atoms with van der Waals surface area (Å²) >= 11 is 0. The zero-order chi connectivity index (χ0) is 14.3. The molecule has 0 aliphatic rings. The predicted molar refractivity (Wildman–Crippen MR) is 73.8 cm³/mol. The lowest BCUT2D eigenvalue weighted by Crippen LogP contribution is -2.13. The standard InChI is InChI=1S/C14H19NO4.H2/c1-4-18-14(17)15-12-7-5-11(6-8-12)9-19-13(16)10(2)3;/h5-8,10H,4,9H2,1-3H3,(H,15,17);1H. The van der Waals surface area contributed by atoms with E-state index in [4.69, 9.17) is 9.47 Å². The third kappa shape index (κ3) is 5.42. The average Bonchev–Trinajstić information content (AvgIpc) is 2.37. The molecular formula is C14H21NO4. The molecule has 0 aliphatic heterocycles. The Bertz CT molecular complexity index is 431. The third-order valence-corrected chi connectivity index (χ3v) is 2.33. The molecule has 1 aromatic carbocycles. The molecule has 0 spiro atoms. The van der Waals surface area contributed by atoms with Gasteiger partial charge < -0.3 is 9.47 Å². The molecule has 0 heterocycles. The minimum Gasteiger partial charge on any atom is -0.461 e. The number of nitrogens with one attached hydrogen (secondary N) is 1. The number of ether oxygens (including phenoxy) is 2. The maximum Gasteiger partial charge on any atom is 0.411 e. The summed E-state index contributed by atoms with van der Waals surface area (Å²) in [6.07, 6.45) is -0.485. The lowest BCUT2D eigenvalue weighted by atomic mass is 10.2. The number of carbonyl (C=O) groups excluding carboxylic acids is 2. The molecular weight excluding hydrogens is 246 g/mol. The minimum atomic E-state index is -0.485. The van der Waals surface area contributed by atoms with E-state index in [0.29, 0.717) is 12.3 Å². The van der Waals surface area contributed by atoms with Gasteiger partial charge in [-0.3, -0.25) is 10.1 Å². The van der Waals surface area contributed by atoms with Crippen molar-refractivity contribution in [3.05, 3.63) is 29.8 Å². The molecule has 0 saturated heterocycles. The van der Waals surface area contributed by atoms with Crippen molar-refractivity contribution in [3.63, 3.8) is 0 Å². The van der Waals surface area contributed by atoms with Crippen molar-refractivity contribution < 1.29 is 20.5 Å². The topological polar surface area (TPSA) is 64.6 Å². The van der Waals surface area contributed by atoms with Crippen LogP contribution >= 0.6 is 0 Å². The molecule has 0 radical (unpaired) electrons. The molecule has 1 N–H and O–H groups in total. The Morgan fingerprint density at radius 2 is 1.84 bits per heavy atom. The first-order valence-corrected chi connectivity index (χ1v) is 6.22. The van der Waals surface area contributed by atoms with E-state index in [1.54, 1.807) is 45.0 Å². The van der Waals surface area contributed by atoms with E-state index in [1.165, 1.54) is 0 Å². The molecule has 19 heavy (non-hydrogen) atoms. The van der Waals surface area contributed by atoms with Crippen molar-refractivity contribution in [2.24, 2.45) is 5.92 Å². The second-order valence-corrected chi connectivity index (χ2v) is 4.30. The van der Waals surface area contributed by atoms with Gasteiger partial charge in [0, 0.05) is 7.11 Å². The van der Waals surface area contributed by atoms with Crippen LogP contribution in [0.5, 0.6) is 0 Å². The number of amides is 1. The van der Waals surface area contributed by atoms with Gasteiger partial charge in [-0.2, -0.15) is 0 Å². The molecule has 0 aliphatic carbocycles. The zero-order valence-electron chi connectivity index (χ0n) is 11.4. The molecule has 0 aromatic heterocycles. The molecule has 0 bridgehead atoms. The van der Waals surface area contributed by atoms with Crippen LogP contribution in [0.4, 0.5) is 10.5 Å². The SMILES string of the molecule is CCOC(=O)Nc1ccc(COC(=O)C(C)C)cc1.[HH]. The molecule has 1 rings (SSSR count). The van der Waals surface area contributed by atoms with Gasteiger partial charge >= 0.3 is 12.1 Å². The van der Waals surface area contributed by atoms with Crippen LogP contribution in [0.3, 0.4) is 0 Å². The van der Waals surface area contributed by atoms with Gasteiger partial charge in [-0.1, -0.05) is 26.0 Å². The quantitative estimate of drug-likeness (QED) is 0.832. The highest BCUT2D eigenvalue weighted by Crippen LogP contribution is 2.11. The Labute approximate surface area is 114 Å². The maximum absolute atomic E-state index is 11.3. The Hall–Kier alpha value is -2.04. The smallest absolute Gasteiger partial charge is 0.411 e. The first-order valence-electron chi connectivity index (χ1n) is 6.22. The number of carbonyl (C=O) groups is 2. The molecule has 0 atom stereocenters. The van der Waals surface area contributed by atoms with Crippen LogP contribution in [0.25, 0.3) is 0 Å². The normalized spacial score (nSPS) is 10.1. The van der Waals surface area contributed by atoms with Gasteiger partial charge in [0.25, 0.3) is 0 Å². The molecule has 0 saturated carbocycles. The molecule has 1 amide bonds. The lowest BCUT2D eigenvalue weighted by molar-refractivity contribution is -0.148. The van der Waals surface area contributed by atoms with Crippen molar-refractivity contribution in [1.29, 1.82) is 0 Å². The monoisotopic (exact) mass is 267 g/mol. The van der Waals surface area contributed by atoms with Crippen LogP contribution in [0.15, 0.2) is 24.3 Å². The van der Waals surface area contributed by atoms with Gasteiger partial charge in [0.1, 0.15) is 6.61 Å². The van der Waals surface area contributed by atoms with E-state index < -0.39 is 6.09 Å². The van der Waals surface area contributed by atoms with Crippen LogP contribution in [-0.4, -0.2) is 18.7 Å². The van der Waals surface area contributed by atoms with Gasteiger partial charge in [-0.25, -0.2) is 4.79 Å². The van der Waals surface area contributed by atoms with Crippen LogP contribution < -0.4 is 5.32 Å². The number of rotatable bonds is 5. The van der Waals surface area contributed by atoms with Crippen LogP contribution in [0.2, 0.25) is 0 Å². The summed E-state index contributed by atoms with van der Waals surface area (Å²) < 4.78 is 9.86. The van der Waals surface area contributed by atoms with Gasteiger partial charge in [0.2, 0.25) is 0 Å². The minimum absolute atomic E-state index is 0. The lowest BCUT2D eigenvalue weighted by Gasteiger charge is -2.08. The van der Waals surface area contributed by atoms with E-state index in [0.717, 1.165) is 5.56 Å². The summed E-state index contributed by atoms with van der Waals surface area (Å²) in [5.74, 6) is -0.363. The summed E-state index contributed by atoms with van der Waals surface area (Å²) in [5.41, 5.74) is 1.50. The van der Waals surface area contributed by atoms with E-state index in [9.17, 15) is 9.59 Å². The van der Waals surface area contributed by atoms with Gasteiger partial charge in [-0.15, -0.1) is 0 Å². The fourth-order valence-electron chi connectivity index (χ4n) is 1.29. The molecule has 1 aromatic rings. The van der Waals surface area contributed by atoms with Crippen LogP contribution in [0.1, 0.15) is 27.8 Å². The van der Waals surface area contributed by atoms with E-state index in [2.05, 4.69) is 5.32 Å². The van der Waals surface area contributed by atoms with Crippen molar-refractivity contribution in [3.8, 4) is 0 Å². The second-order valence-electron chi connectivity index (χ2n) is 4.30. The number of benzene rings is 1. The molecule has 0 fully saturated rings. The van der Waals surface area contributed by atoms with Crippen molar-refractivity contribution in [1.82, 2.24) is 0 Å². The second kappa shape index (κ2) is 7.41. The highest BCUT2D eigenvalue weighted by molar-refractivity contribution is 5.84. The zero-order valence-corrected chi connectivity index (χ0v) is 11.4. The summed E-state index contributed by atoms with van der Waals surface area (Å²) in [6.45, 7) is 5.88. The van der Waals surface area contributed by atoms with Crippen molar-refractivity contribution >= 4 is 17.7 Å². The summed E-state index contributed by atoms with van der Waals surface area (Å²) in [4.78, 5) is 22.5. The van der Waals surface area contributed by atoms with Crippen molar-refractivity contribution in [2.45, 2.75) is 27.4 Å². The summed E-state index contributed by atoms with van der Waals surface area (Å²) in [7, 11) is 0. The van der Waals surface area contributed by atoms with Gasteiger partial charge in [-0.05, 0) is 24.6 Å². The predicted octanol–water partition coefficient (Wildman–Crippen LogP) is 3.20. The maximum atomic E-state index is 11.3. The van der Waals surface area contributed by atoms with Crippen LogP contribution in [0, 0.1) is 5.92 Å². The van der Waals surface area contributed by atoms with Gasteiger partial charge in [0.05, 0.1) is 12.5 Å². The fraction of sp³-hybridized carbons (Fsp3) is 0.429. The average molecular weight is 267 g/mol. The summed E-state index contributed by atoms with van der Waals surface area (Å²) in [6, 6.07) is 7.04. The molecule has 5 nitrogen and oxygen atoms in total. The highest BCUT2D eigenvalue weighted by Gasteiger charge is 2.08. The van der Waals surface area contributed by atoms with Crippen molar-refractivity contribution in [2.75, 3.05) is 11.9 Å². The van der Waals surface area contributed by atoms with E-state index >= 15 is 0 Å². The Morgan fingerprint density at radius 1 is 1.21 bits per heavy atom. The largest absolute Gasteiger partial charge is 0.461 e. The van der Waals surface area contributed by atoms with Crippen LogP contribution in [-0.2, 0) is 20.9 Å². The summed E-state index contributed by atoms with van der Waals surface area (Å²) in [5, 5.41) is 2.58. The van der Waals surface area contributed by atoms with E-state index in [1.807, 2.05) is 0 Å². The number of esters is 1. The van der Waals surface area contributed by atoms with E-state index in [-0.39, 0.29) is 19.9 Å². The molecule has 5 heteroatoms. The fourth-order valence-corrected chi connectivity index (χ4v) is 1.29. The first-order chi connectivity index (χ1) is 9.02. The molecule has 106 valence electrons. The Morgan fingerprint density at radius 3 is 2.37 bits per heavy atom. The third-order valence-electron chi connectivity index (χ3n) is 2.33. The Balaban J connectivity index is 0.00000361. The number of anilines is 1. The molecule has 0 unspecified atom stereocenters. The first kappa shape index (κ1) is 15.0. The Kier molecular flexibility index (Phi) is 5.85. The van der Waals surface area contributed by atoms with Gasteiger partial charge in [0.15, 0.2) is 0 Å². The highest BCUT2D eigenvalue weighted by atomic mass is 16.5. The number of hydrogen-bond donors (Lipinski definition) is 1. The number of hydrogen-bond acceptors (Lipinski definition) is 4.